The van der Waals surface area contributed by atoms with Crippen LogP contribution in [-0.4, -0.2) is 16.8 Å². The Hall–Kier alpha value is -2.51. The third kappa shape index (κ3) is 5.89. The minimum atomic E-state index is -0.184. The van der Waals surface area contributed by atoms with Gasteiger partial charge in [0.05, 0.1) is 18.2 Å². The van der Waals surface area contributed by atoms with Gasteiger partial charge in [-0.1, -0.05) is 63.2 Å². The van der Waals surface area contributed by atoms with Crippen molar-refractivity contribution >= 4 is 23.6 Å². The van der Waals surface area contributed by atoms with E-state index in [1.165, 1.54) is 22.3 Å². The van der Waals surface area contributed by atoms with Gasteiger partial charge >= 0.3 is 0 Å². The van der Waals surface area contributed by atoms with Gasteiger partial charge in [-0.15, -0.1) is 12.3 Å². The van der Waals surface area contributed by atoms with Crippen molar-refractivity contribution in [3.63, 3.8) is 0 Å². The zero-order chi connectivity index (χ0) is 24.4. The number of carbonyl (C=O) groups excluding carboxylic acids is 1. The van der Waals surface area contributed by atoms with Crippen LogP contribution in [0.4, 0.5) is 3.89 Å². The lowest BCUT2D eigenvalue weighted by molar-refractivity contribution is -0.135. The molecule has 0 N–H and O–H groups in total. The first-order valence-corrected chi connectivity index (χ1v) is 12.6. The van der Waals surface area contributed by atoms with Gasteiger partial charge in [0, 0.05) is 17.4 Å². The highest BCUT2D eigenvalue weighted by Gasteiger charge is 2.39. The van der Waals surface area contributed by atoms with Crippen molar-refractivity contribution in [3.05, 3.63) is 70.8 Å². The predicted molar refractivity (Wildman–Crippen MR) is 140 cm³/mol. The summed E-state index contributed by atoms with van der Waals surface area (Å²) in [5, 5.41) is 0. The summed E-state index contributed by atoms with van der Waals surface area (Å²) in [7, 11) is 0. The van der Waals surface area contributed by atoms with Crippen LogP contribution in [0.15, 0.2) is 59.0 Å². The number of amides is 1. The van der Waals surface area contributed by atoms with Crippen LogP contribution in [-0.2, 0) is 11.2 Å². The highest BCUT2D eigenvalue weighted by molar-refractivity contribution is 7.94. The van der Waals surface area contributed by atoms with Crippen molar-refractivity contribution in [2.75, 3.05) is 0 Å². The molecule has 4 rings (SSSR count). The lowest BCUT2D eigenvalue weighted by Gasteiger charge is -2.44. The van der Waals surface area contributed by atoms with E-state index >= 15 is 0 Å². The minimum absolute atomic E-state index is 0.0834. The average molecular weight is 466 g/mol. The van der Waals surface area contributed by atoms with Gasteiger partial charge in [-0.2, -0.15) is 3.89 Å². The minimum Gasteiger partial charge on any atom is -0.329 e. The molecule has 2 aromatic carbocycles. The van der Waals surface area contributed by atoms with E-state index in [0.29, 0.717) is 11.3 Å². The van der Waals surface area contributed by atoms with Gasteiger partial charge in [-0.3, -0.25) is 4.79 Å². The summed E-state index contributed by atoms with van der Waals surface area (Å²) >= 11 is 0.281. The van der Waals surface area contributed by atoms with E-state index < -0.39 is 0 Å². The second kappa shape index (κ2) is 13.3. The van der Waals surface area contributed by atoms with E-state index in [-0.39, 0.29) is 30.1 Å². The molecule has 0 spiro atoms. The second-order valence-corrected chi connectivity index (χ2v) is 8.62. The van der Waals surface area contributed by atoms with Gasteiger partial charge in [0.15, 0.2) is 0 Å². The molecule has 1 heterocycles. The molecule has 1 amide bonds. The van der Waals surface area contributed by atoms with Crippen molar-refractivity contribution in [1.82, 2.24) is 4.90 Å². The fraction of sp³-hybridized carbons (Fsp3) is 0.414. The van der Waals surface area contributed by atoms with Gasteiger partial charge < -0.3 is 4.90 Å². The summed E-state index contributed by atoms with van der Waals surface area (Å²) in [6.07, 6.45) is 8.97. The van der Waals surface area contributed by atoms with Gasteiger partial charge in [0.25, 0.3) is 0 Å². The second-order valence-electron chi connectivity index (χ2n) is 8.03. The number of halogens is 1. The quantitative estimate of drug-likeness (QED) is 0.426. The molecule has 0 aromatic heterocycles. The Morgan fingerprint density at radius 2 is 1.79 bits per heavy atom. The van der Waals surface area contributed by atoms with Gasteiger partial charge in [0.1, 0.15) is 0 Å². The Balaban J connectivity index is 0.000000714. The van der Waals surface area contributed by atoms with Gasteiger partial charge in [-0.05, 0) is 73.4 Å². The molecule has 1 aliphatic carbocycles. The third-order valence-electron chi connectivity index (χ3n) is 6.09. The van der Waals surface area contributed by atoms with Crippen LogP contribution in [0.2, 0.25) is 0 Å². The van der Waals surface area contributed by atoms with Crippen molar-refractivity contribution < 1.29 is 8.68 Å². The molecule has 4 heteroatoms. The van der Waals surface area contributed by atoms with Gasteiger partial charge in [0.2, 0.25) is 5.91 Å². The van der Waals surface area contributed by atoms with Crippen LogP contribution in [0.1, 0.15) is 83.0 Å². The number of hydrogen-bond donors (Lipinski definition) is 0. The molecule has 1 unspecified atom stereocenters. The lowest BCUT2D eigenvalue weighted by atomic mass is 9.81. The SMILES string of the molecule is C#CC.CC.CCC(=O)N1C(C)CC2=C(CCCc3ccccc32)[C@@H]1c1ccccc1SF. The number of rotatable bonds is 3. The molecule has 176 valence electrons. The van der Waals surface area contributed by atoms with Crippen LogP contribution >= 0.6 is 12.1 Å². The van der Waals surface area contributed by atoms with Crippen LogP contribution < -0.4 is 0 Å². The zero-order valence-corrected chi connectivity index (χ0v) is 21.3. The summed E-state index contributed by atoms with van der Waals surface area (Å²) < 4.78 is 13.8. The fourth-order valence-electron chi connectivity index (χ4n) is 4.87. The summed E-state index contributed by atoms with van der Waals surface area (Å²) in [4.78, 5) is 15.6. The largest absolute Gasteiger partial charge is 0.329 e. The number of benzene rings is 2. The topological polar surface area (TPSA) is 20.3 Å². The number of terminal acetylenes is 1. The Morgan fingerprint density at radius 1 is 1.15 bits per heavy atom. The standard InChI is InChI=1S/C24H26FNOS.C3H4.C2H6/c1-3-23(27)26-16(2)15-21-18-11-5-4-9-17(18)10-8-13-19(21)24(26)20-12-6-7-14-22(20)28-25;1-3-2;1-2/h4-7,9,11-12,14,16,24H,3,8,10,13,15H2,1-2H3;1H,2H3;1-2H3/t16?,24-;;/m1../s1. The highest BCUT2D eigenvalue weighted by Crippen LogP contribution is 2.48. The molecule has 2 atom stereocenters. The van der Waals surface area contributed by atoms with E-state index in [4.69, 9.17) is 0 Å². The van der Waals surface area contributed by atoms with Crippen LogP contribution in [0.25, 0.3) is 5.57 Å². The Labute approximate surface area is 204 Å². The molecule has 0 saturated heterocycles. The number of nitrogens with zero attached hydrogens (tertiary/aromatic N) is 1. The highest BCUT2D eigenvalue weighted by atomic mass is 32.2. The number of carbonyl (C=O) groups is 1. The van der Waals surface area contributed by atoms with Crippen molar-refractivity contribution in [3.8, 4) is 12.3 Å². The summed E-state index contributed by atoms with van der Waals surface area (Å²) in [5.74, 6) is 2.39. The van der Waals surface area contributed by atoms with E-state index in [1.807, 2.05) is 49.9 Å². The molecular formula is C29H36FNOS. The van der Waals surface area contributed by atoms with Crippen molar-refractivity contribution in [2.45, 2.75) is 83.7 Å². The summed E-state index contributed by atoms with van der Waals surface area (Å²) in [6, 6.07) is 16.2. The number of fused-ring (bicyclic) bond motifs is 2. The Bertz CT molecular complexity index is 1010. The molecular weight excluding hydrogens is 429 g/mol. The maximum absolute atomic E-state index is 13.8. The maximum atomic E-state index is 13.8. The number of hydrogen-bond acceptors (Lipinski definition) is 2. The van der Waals surface area contributed by atoms with E-state index in [9.17, 15) is 8.68 Å². The van der Waals surface area contributed by atoms with Crippen molar-refractivity contribution in [1.29, 1.82) is 0 Å². The molecule has 2 aliphatic rings. The molecule has 0 fully saturated rings. The van der Waals surface area contributed by atoms with Crippen LogP contribution in [0, 0.1) is 12.3 Å². The molecule has 1 aliphatic heterocycles. The smallest absolute Gasteiger partial charge is 0.223 e. The van der Waals surface area contributed by atoms with E-state index in [2.05, 4.69) is 43.5 Å². The summed E-state index contributed by atoms with van der Waals surface area (Å²) in [6.45, 7) is 9.69. The van der Waals surface area contributed by atoms with E-state index in [1.54, 1.807) is 6.92 Å². The number of aryl methyl sites for hydroxylation is 1. The first-order chi connectivity index (χ1) is 16.1. The normalized spacial score (nSPS) is 18.9. The molecule has 2 aromatic rings. The van der Waals surface area contributed by atoms with Crippen LogP contribution in [0.5, 0.6) is 0 Å². The van der Waals surface area contributed by atoms with Crippen molar-refractivity contribution in [2.24, 2.45) is 0 Å². The molecule has 0 saturated carbocycles. The van der Waals surface area contributed by atoms with E-state index in [0.717, 1.165) is 31.2 Å². The Morgan fingerprint density at radius 3 is 2.45 bits per heavy atom. The van der Waals surface area contributed by atoms with Crippen LogP contribution in [0.3, 0.4) is 0 Å². The Kier molecular flexibility index (Phi) is 10.7. The fourth-order valence-corrected chi connectivity index (χ4v) is 5.27. The monoisotopic (exact) mass is 465 g/mol. The molecule has 2 nitrogen and oxygen atoms in total. The summed E-state index contributed by atoms with van der Waals surface area (Å²) in [5.41, 5.74) is 6.29. The molecule has 33 heavy (non-hydrogen) atoms. The molecule has 0 radical (unpaired) electrons. The first kappa shape index (κ1) is 26.7. The lowest BCUT2D eigenvalue weighted by Crippen LogP contribution is -2.45. The maximum Gasteiger partial charge on any atom is 0.223 e. The average Bonchev–Trinajstić information content (AvgIpc) is 3.04. The predicted octanol–water partition coefficient (Wildman–Crippen LogP) is 8.19. The molecule has 0 bridgehead atoms. The first-order valence-electron chi connectivity index (χ1n) is 11.9. The van der Waals surface area contributed by atoms with Gasteiger partial charge in [-0.25, -0.2) is 0 Å². The zero-order valence-electron chi connectivity index (χ0n) is 20.5. The third-order valence-corrected chi connectivity index (χ3v) is 6.63.